The Hall–Kier alpha value is -0.750. The molecule has 0 rings (SSSR count). The van der Waals surface area contributed by atoms with Gasteiger partial charge in [-0.05, 0) is 0 Å². The van der Waals surface area contributed by atoms with E-state index in [9.17, 15) is 14.2 Å². The van der Waals surface area contributed by atoms with E-state index in [2.05, 4.69) is 0 Å². The van der Waals surface area contributed by atoms with E-state index in [4.69, 9.17) is 14.9 Å². The average Bonchev–Trinajstić information content (AvgIpc) is 1.85. The van der Waals surface area contributed by atoms with Gasteiger partial charge in [-0.1, -0.05) is 0 Å². The van der Waals surface area contributed by atoms with Crippen molar-refractivity contribution in [2.45, 2.75) is 6.04 Å². The van der Waals surface area contributed by atoms with Crippen LogP contribution in [0.15, 0.2) is 0 Å². The van der Waals surface area contributed by atoms with Crippen LogP contribution in [0, 0.1) is 0 Å². The number of carboxylic acids is 1. The van der Waals surface area contributed by atoms with Gasteiger partial charge in [0.1, 0.15) is 6.29 Å². The van der Waals surface area contributed by atoms with Crippen molar-refractivity contribution in [3.8, 4) is 0 Å². The zero-order valence-corrected chi connectivity index (χ0v) is 6.77. The molecule has 0 spiro atoms. The summed E-state index contributed by atoms with van der Waals surface area (Å²) in [6, 6.07) is -1.57. The molecule has 0 aromatic carbocycles. The number of carbonyl (C=O) groups is 2. The summed E-state index contributed by atoms with van der Waals surface area (Å²) in [6.45, 7) is 0. The molecule has 12 heavy (non-hydrogen) atoms. The lowest BCUT2D eigenvalue weighted by atomic mass is 10.3. The van der Waals surface area contributed by atoms with Crippen molar-refractivity contribution in [1.82, 2.24) is 5.32 Å². The van der Waals surface area contributed by atoms with Crippen LogP contribution in [0.5, 0.6) is 0 Å². The van der Waals surface area contributed by atoms with E-state index in [0.29, 0.717) is 0 Å². The van der Waals surface area contributed by atoms with E-state index in [1.807, 2.05) is 5.32 Å². The molecule has 4 N–H and O–H groups in total. The Bertz CT molecular complexity index is 222. The van der Waals surface area contributed by atoms with E-state index < -0.39 is 25.9 Å². The van der Waals surface area contributed by atoms with Gasteiger partial charge in [-0.3, -0.25) is 14.7 Å². The van der Waals surface area contributed by atoms with Gasteiger partial charge in [0.05, 0.1) is 6.29 Å². The predicted molar refractivity (Wildman–Crippen MR) is 37.5 cm³/mol. The third-order valence-corrected chi connectivity index (χ3v) is 1.51. The summed E-state index contributed by atoms with van der Waals surface area (Å²) in [5, 5.41) is 10.1. The number of nitrogens with one attached hydrogen (secondary N) is 1. The first-order valence-electron chi connectivity index (χ1n) is 2.83. The predicted octanol–water partition coefficient (Wildman–Crippen LogP) is -1.64. The Kier molecular flexibility index (Phi) is 4.05. The standard InChI is InChI=1S/C4H8NO6P/c6-1-3(4(7)8)5-2-12(9,10)11/h1,3,5H,2H2,(H,7,8)(H2,9,10,11). The molecule has 70 valence electrons. The smallest absolute Gasteiger partial charge is 0.339 e. The maximum Gasteiger partial charge on any atom is 0.339 e. The SMILES string of the molecule is O=CC(NCP(=O)(O)O)C(=O)O. The lowest BCUT2D eigenvalue weighted by molar-refractivity contribution is -0.140. The molecule has 8 heteroatoms. The van der Waals surface area contributed by atoms with Gasteiger partial charge >= 0.3 is 13.6 Å². The fourth-order valence-corrected chi connectivity index (χ4v) is 0.845. The van der Waals surface area contributed by atoms with Crippen LogP contribution < -0.4 is 5.32 Å². The number of hydrogen-bond donors (Lipinski definition) is 4. The van der Waals surface area contributed by atoms with E-state index in [1.54, 1.807) is 0 Å². The summed E-state index contributed by atoms with van der Waals surface area (Å²) < 4.78 is 10.2. The molecule has 0 heterocycles. The average molecular weight is 197 g/mol. The summed E-state index contributed by atoms with van der Waals surface area (Å²) >= 11 is 0. The number of carbonyl (C=O) groups excluding carboxylic acids is 1. The Morgan fingerprint density at radius 1 is 1.58 bits per heavy atom. The molecule has 0 aliphatic rings. The highest BCUT2D eigenvalue weighted by molar-refractivity contribution is 7.51. The highest BCUT2D eigenvalue weighted by Crippen LogP contribution is 2.31. The van der Waals surface area contributed by atoms with Crippen molar-refractivity contribution >= 4 is 19.9 Å². The molecule has 7 nitrogen and oxygen atoms in total. The molecule has 1 unspecified atom stereocenters. The molecular weight excluding hydrogens is 189 g/mol. The first-order valence-corrected chi connectivity index (χ1v) is 4.62. The monoisotopic (exact) mass is 197 g/mol. The quantitative estimate of drug-likeness (QED) is 0.237. The van der Waals surface area contributed by atoms with Crippen LogP contribution in [0.25, 0.3) is 0 Å². The fraction of sp³-hybridized carbons (Fsp3) is 0.500. The van der Waals surface area contributed by atoms with Crippen LogP contribution in [0.3, 0.4) is 0 Å². The Balaban J connectivity index is 3.98. The molecule has 0 fully saturated rings. The normalized spacial score (nSPS) is 13.8. The molecule has 0 amide bonds. The number of aliphatic carboxylic acids is 1. The van der Waals surface area contributed by atoms with Crippen LogP contribution >= 0.6 is 7.60 Å². The van der Waals surface area contributed by atoms with Crippen molar-refractivity contribution in [2.24, 2.45) is 0 Å². The molecule has 0 aliphatic heterocycles. The minimum Gasteiger partial charge on any atom is -0.480 e. The molecule has 0 saturated heterocycles. The molecule has 0 bridgehead atoms. The summed E-state index contributed by atoms with van der Waals surface area (Å²) in [6.07, 6.45) is -0.777. The van der Waals surface area contributed by atoms with Gasteiger partial charge < -0.3 is 19.7 Å². The van der Waals surface area contributed by atoms with Gasteiger partial charge in [-0.15, -0.1) is 0 Å². The second-order valence-corrected chi connectivity index (χ2v) is 3.62. The van der Waals surface area contributed by atoms with Gasteiger partial charge in [0.25, 0.3) is 0 Å². The van der Waals surface area contributed by atoms with Gasteiger partial charge in [-0.2, -0.15) is 0 Å². The largest absolute Gasteiger partial charge is 0.480 e. The summed E-state index contributed by atoms with van der Waals surface area (Å²) in [5.74, 6) is -1.47. The lowest BCUT2D eigenvalue weighted by Gasteiger charge is -2.08. The number of rotatable bonds is 5. The molecule has 1 atom stereocenters. The molecule has 0 aliphatic carbocycles. The minimum absolute atomic E-state index is 0.0536. The highest BCUT2D eigenvalue weighted by atomic mass is 31.2. The maximum absolute atomic E-state index is 10.2. The van der Waals surface area contributed by atoms with Gasteiger partial charge in [0.2, 0.25) is 0 Å². The van der Waals surface area contributed by atoms with Crippen molar-refractivity contribution in [3.05, 3.63) is 0 Å². The topological polar surface area (TPSA) is 124 Å². The van der Waals surface area contributed by atoms with Crippen molar-refractivity contribution in [2.75, 3.05) is 6.29 Å². The lowest BCUT2D eigenvalue weighted by Crippen LogP contribution is -2.38. The second-order valence-electron chi connectivity index (χ2n) is 1.98. The number of hydrogen-bond acceptors (Lipinski definition) is 4. The Labute approximate surface area is 67.6 Å². The summed E-state index contributed by atoms with van der Waals surface area (Å²) in [5.41, 5.74) is 0. The molecule has 0 saturated carbocycles. The molecular formula is C4H8NO6P. The first kappa shape index (κ1) is 11.2. The van der Waals surface area contributed by atoms with E-state index in [1.165, 1.54) is 0 Å². The van der Waals surface area contributed by atoms with Crippen LogP contribution in [0.2, 0.25) is 0 Å². The highest BCUT2D eigenvalue weighted by Gasteiger charge is 2.20. The van der Waals surface area contributed by atoms with Gasteiger partial charge in [0, 0.05) is 0 Å². The molecule has 0 aromatic rings. The van der Waals surface area contributed by atoms with Crippen LogP contribution in [0.1, 0.15) is 0 Å². The zero-order valence-electron chi connectivity index (χ0n) is 5.88. The number of carboxylic acid groups (broad SMARTS) is 1. The Morgan fingerprint density at radius 2 is 2.08 bits per heavy atom. The number of aldehydes is 1. The summed E-state index contributed by atoms with van der Waals surface area (Å²) in [4.78, 5) is 36.6. The summed E-state index contributed by atoms with van der Waals surface area (Å²) in [7, 11) is -4.31. The third-order valence-electron chi connectivity index (χ3n) is 0.919. The van der Waals surface area contributed by atoms with Crippen LogP contribution in [0.4, 0.5) is 0 Å². The first-order chi connectivity index (χ1) is 5.37. The van der Waals surface area contributed by atoms with Gasteiger partial charge in [-0.25, -0.2) is 0 Å². The van der Waals surface area contributed by atoms with Crippen molar-refractivity contribution in [1.29, 1.82) is 0 Å². The maximum atomic E-state index is 10.2. The Morgan fingerprint density at radius 3 is 2.33 bits per heavy atom. The zero-order chi connectivity index (χ0) is 9.78. The van der Waals surface area contributed by atoms with E-state index in [-0.39, 0.29) is 6.29 Å². The van der Waals surface area contributed by atoms with Crippen molar-refractivity contribution in [3.63, 3.8) is 0 Å². The van der Waals surface area contributed by atoms with E-state index in [0.717, 1.165) is 0 Å². The molecule has 0 radical (unpaired) electrons. The third kappa shape index (κ3) is 4.97. The second kappa shape index (κ2) is 4.32. The minimum atomic E-state index is -4.31. The van der Waals surface area contributed by atoms with Crippen LogP contribution in [-0.4, -0.2) is 39.5 Å². The van der Waals surface area contributed by atoms with Crippen molar-refractivity contribution < 1.29 is 29.0 Å². The fourth-order valence-electron chi connectivity index (χ4n) is 0.411. The van der Waals surface area contributed by atoms with Crippen LogP contribution in [-0.2, 0) is 14.2 Å². The molecule has 0 aromatic heterocycles. The van der Waals surface area contributed by atoms with Gasteiger partial charge in [0.15, 0.2) is 6.04 Å². The van der Waals surface area contributed by atoms with E-state index >= 15 is 0 Å².